The molecule has 1 heterocycles. The Labute approximate surface area is 117 Å². The quantitative estimate of drug-likeness (QED) is 0.618. The summed E-state index contributed by atoms with van der Waals surface area (Å²) in [6.45, 7) is 0.0408. The summed E-state index contributed by atoms with van der Waals surface area (Å²) in [4.78, 5) is 12.9. The van der Waals surface area contributed by atoms with E-state index in [4.69, 9.17) is 6.42 Å². The average molecular weight is 303 g/mol. The van der Waals surface area contributed by atoms with Crippen molar-refractivity contribution in [1.82, 2.24) is 4.90 Å². The number of hydrogen-bond acceptors (Lipinski definition) is 2. The Balaban J connectivity index is 2.33. The molecule has 1 saturated heterocycles. The first kappa shape index (κ1) is 14.7. The van der Waals surface area contributed by atoms with Crippen LogP contribution in [0, 0.1) is 18.2 Å². The molecule has 0 aliphatic carbocycles. The van der Waals surface area contributed by atoms with Crippen molar-refractivity contribution in [2.24, 2.45) is 0 Å². The van der Waals surface area contributed by atoms with Gasteiger partial charge in [0.15, 0.2) is 0 Å². The van der Waals surface area contributed by atoms with E-state index in [2.05, 4.69) is 5.92 Å². The molecule has 2 nitrogen and oxygen atoms in total. The second-order valence-corrected chi connectivity index (χ2v) is 5.19. The first-order chi connectivity index (χ1) is 9.34. The Morgan fingerprint density at radius 2 is 2.15 bits per heavy atom. The average Bonchev–Trinajstić information content (AvgIpc) is 2.70. The Morgan fingerprint density at radius 1 is 1.45 bits per heavy atom. The minimum absolute atomic E-state index is 0.0408. The van der Waals surface area contributed by atoms with Gasteiger partial charge in [-0.05, 0) is 17.7 Å². The summed E-state index contributed by atoms with van der Waals surface area (Å²) in [5.74, 6) is 0.922. The van der Waals surface area contributed by atoms with Crippen LogP contribution in [0.15, 0.2) is 18.2 Å². The van der Waals surface area contributed by atoms with Gasteiger partial charge in [-0.1, -0.05) is 12.0 Å². The van der Waals surface area contributed by atoms with Crippen LogP contribution in [0.25, 0.3) is 0 Å². The fourth-order valence-corrected chi connectivity index (χ4v) is 3.09. The van der Waals surface area contributed by atoms with Gasteiger partial charge in [0.2, 0.25) is 5.91 Å². The van der Waals surface area contributed by atoms with Crippen LogP contribution in [0.3, 0.4) is 0 Å². The molecule has 1 aromatic rings. The second kappa shape index (κ2) is 5.37. The Hall–Kier alpha value is -1.68. The van der Waals surface area contributed by atoms with Gasteiger partial charge in [0, 0.05) is 0 Å². The normalized spacial score (nSPS) is 19.2. The third kappa shape index (κ3) is 2.75. The van der Waals surface area contributed by atoms with E-state index in [1.54, 1.807) is 0 Å². The van der Waals surface area contributed by atoms with E-state index in [0.29, 0.717) is 11.6 Å². The summed E-state index contributed by atoms with van der Waals surface area (Å²) < 4.78 is 51.0. The number of alkyl halides is 3. The fraction of sp³-hybridized carbons (Fsp3) is 0.308. The molecule has 1 aromatic carbocycles. The lowest BCUT2D eigenvalue weighted by Gasteiger charge is -2.22. The number of benzene rings is 1. The fourth-order valence-electron chi connectivity index (χ4n) is 1.91. The molecule has 1 aliphatic rings. The van der Waals surface area contributed by atoms with Crippen molar-refractivity contribution in [2.75, 3.05) is 12.3 Å². The van der Waals surface area contributed by atoms with Crippen molar-refractivity contribution in [3.05, 3.63) is 35.1 Å². The Morgan fingerprint density at radius 3 is 2.70 bits per heavy atom. The Kier molecular flexibility index (Phi) is 3.95. The summed E-state index contributed by atoms with van der Waals surface area (Å²) in [7, 11) is 0. The van der Waals surface area contributed by atoms with E-state index in [-0.39, 0.29) is 18.2 Å². The molecule has 0 saturated carbocycles. The summed E-state index contributed by atoms with van der Waals surface area (Å²) in [5, 5.41) is -0.546. The van der Waals surface area contributed by atoms with Crippen LogP contribution in [0.2, 0.25) is 0 Å². The molecule has 0 N–H and O–H groups in total. The van der Waals surface area contributed by atoms with Crippen molar-refractivity contribution < 1.29 is 22.4 Å². The third-order valence-electron chi connectivity index (χ3n) is 2.81. The monoisotopic (exact) mass is 303 g/mol. The standard InChI is InChI=1S/C13H9F4NOS/c1-2-5-18-11(19)7-20-12(18)8-3-4-9(10(14)6-8)13(15,16)17/h1,3-4,6,12H,5,7H2. The molecule has 7 heteroatoms. The van der Waals surface area contributed by atoms with E-state index >= 15 is 0 Å². The van der Waals surface area contributed by atoms with E-state index in [0.717, 1.165) is 6.07 Å². The molecule has 1 amide bonds. The molecule has 0 aromatic heterocycles. The SMILES string of the molecule is C#CCN1C(=O)CSC1c1ccc(C(F)(F)F)c(F)c1. The third-order valence-corrected chi connectivity index (χ3v) is 4.07. The molecule has 1 aliphatic heterocycles. The predicted octanol–water partition coefficient (Wildman–Crippen LogP) is 3.05. The summed E-state index contributed by atoms with van der Waals surface area (Å²) in [6.07, 6.45) is 0.410. The van der Waals surface area contributed by atoms with E-state index in [9.17, 15) is 22.4 Å². The topological polar surface area (TPSA) is 20.3 Å². The van der Waals surface area contributed by atoms with E-state index in [1.807, 2.05) is 0 Å². The highest BCUT2D eigenvalue weighted by Gasteiger charge is 2.36. The maximum atomic E-state index is 13.5. The number of carbonyl (C=O) groups excluding carboxylic acids is 1. The van der Waals surface area contributed by atoms with Crippen LogP contribution in [0.1, 0.15) is 16.5 Å². The maximum Gasteiger partial charge on any atom is 0.419 e. The van der Waals surface area contributed by atoms with Gasteiger partial charge >= 0.3 is 6.18 Å². The van der Waals surface area contributed by atoms with Gasteiger partial charge in [-0.2, -0.15) is 13.2 Å². The van der Waals surface area contributed by atoms with Gasteiger partial charge in [-0.15, -0.1) is 18.2 Å². The molecule has 106 valence electrons. The van der Waals surface area contributed by atoms with Crippen molar-refractivity contribution in [3.63, 3.8) is 0 Å². The van der Waals surface area contributed by atoms with Gasteiger partial charge in [0.1, 0.15) is 11.2 Å². The molecule has 1 unspecified atom stereocenters. The van der Waals surface area contributed by atoms with Crippen molar-refractivity contribution in [1.29, 1.82) is 0 Å². The summed E-state index contributed by atoms with van der Waals surface area (Å²) in [5.41, 5.74) is -1.03. The number of carbonyl (C=O) groups is 1. The minimum atomic E-state index is -4.74. The molecule has 20 heavy (non-hydrogen) atoms. The van der Waals surface area contributed by atoms with Crippen LogP contribution in [0.4, 0.5) is 17.6 Å². The van der Waals surface area contributed by atoms with Crippen molar-refractivity contribution in [3.8, 4) is 12.3 Å². The molecule has 1 fully saturated rings. The number of terminal acetylenes is 1. The lowest BCUT2D eigenvalue weighted by molar-refractivity contribution is -0.140. The number of amides is 1. The van der Waals surface area contributed by atoms with Crippen molar-refractivity contribution in [2.45, 2.75) is 11.6 Å². The highest BCUT2D eigenvalue weighted by Crippen LogP contribution is 2.40. The molecule has 1 atom stereocenters. The van der Waals surface area contributed by atoms with E-state index in [1.165, 1.54) is 22.7 Å². The zero-order chi connectivity index (χ0) is 14.9. The highest BCUT2D eigenvalue weighted by atomic mass is 32.2. The van der Waals surface area contributed by atoms with Gasteiger partial charge < -0.3 is 4.90 Å². The summed E-state index contributed by atoms with van der Waals surface area (Å²) >= 11 is 1.21. The molecule has 2 rings (SSSR count). The zero-order valence-electron chi connectivity index (χ0n) is 10.1. The number of thioether (sulfide) groups is 1. The van der Waals surface area contributed by atoms with Gasteiger partial charge in [-0.25, -0.2) is 4.39 Å². The first-order valence-electron chi connectivity index (χ1n) is 5.55. The van der Waals surface area contributed by atoms with Gasteiger partial charge in [0.05, 0.1) is 17.9 Å². The number of hydrogen-bond donors (Lipinski definition) is 0. The van der Waals surface area contributed by atoms with Crippen LogP contribution in [-0.4, -0.2) is 23.1 Å². The molecule has 0 radical (unpaired) electrons. The first-order valence-corrected chi connectivity index (χ1v) is 6.60. The van der Waals surface area contributed by atoms with Crippen LogP contribution in [0.5, 0.6) is 0 Å². The second-order valence-electron chi connectivity index (χ2n) is 4.13. The Bertz CT molecular complexity index is 579. The van der Waals surface area contributed by atoms with E-state index < -0.39 is 22.9 Å². The van der Waals surface area contributed by atoms with Gasteiger partial charge in [0.25, 0.3) is 0 Å². The zero-order valence-corrected chi connectivity index (χ0v) is 10.9. The molecule has 0 spiro atoms. The number of rotatable bonds is 2. The molecule has 0 bridgehead atoms. The highest BCUT2D eigenvalue weighted by molar-refractivity contribution is 8.00. The van der Waals surface area contributed by atoms with Crippen LogP contribution >= 0.6 is 11.8 Å². The van der Waals surface area contributed by atoms with Crippen LogP contribution in [-0.2, 0) is 11.0 Å². The number of nitrogens with zero attached hydrogens (tertiary/aromatic N) is 1. The minimum Gasteiger partial charge on any atom is -0.315 e. The van der Waals surface area contributed by atoms with Gasteiger partial charge in [-0.3, -0.25) is 4.79 Å². The maximum absolute atomic E-state index is 13.5. The lowest BCUT2D eigenvalue weighted by atomic mass is 10.1. The predicted molar refractivity (Wildman–Crippen MR) is 67.1 cm³/mol. The van der Waals surface area contributed by atoms with Crippen molar-refractivity contribution >= 4 is 17.7 Å². The largest absolute Gasteiger partial charge is 0.419 e. The smallest absolute Gasteiger partial charge is 0.315 e. The summed E-state index contributed by atoms with van der Waals surface area (Å²) in [6, 6.07) is 2.66. The molecular formula is C13H9F4NOS. The van der Waals surface area contributed by atoms with Crippen LogP contribution < -0.4 is 0 Å². The lowest BCUT2D eigenvalue weighted by Crippen LogP contribution is -2.28. The molecular weight excluding hydrogens is 294 g/mol. The number of halogens is 4.